The van der Waals surface area contributed by atoms with Gasteiger partial charge < -0.3 is 10.6 Å². The lowest BCUT2D eigenvalue weighted by molar-refractivity contribution is 0.222. The van der Waals surface area contributed by atoms with E-state index < -0.39 is 9.84 Å². The van der Waals surface area contributed by atoms with Crippen LogP contribution in [0.3, 0.4) is 0 Å². The lowest BCUT2D eigenvalue weighted by Gasteiger charge is -2.31. The molecule has 2 rings (SSSR count). The van der Waals surface area contributed by atoms with E-state index in [2.05, 4.69) is 10.6 Å². The fraction of sp³-hybridized carbons (Fsp3) is 0.562. The maximum absolute atomic E-state index is 11.9. The summed E-state index contributed by atoms with van der Waals surface area (Å²) in [5.41, 5.74) is 1.65. The molecule has 0 spiro atoms. The number of hydrogen-bond donors (Lipinski definition) is 2. The Labute approximate surface area is 132 Å². The van der Waals surface area contributed by atoms with Crippen LogP contribution in [-0.4, -0.2) is 32.5 Å². The number of sulfone groups is 1. The third kappa shape index (κ3) is 5.33. The average molecular weight is 324 g/mol. The molecule has 1 aliphatic carbocycles. The van der Waals surface area contributed by atoms with Crippen LogP contribution in [0.25, 0.3) is 0 Å². The van der Waals surface area contributed by atoms with Crippen LogP contribution in [0.4, 0.5) is 10.5 Å². The molecule has 22 heavy (non-hydrogen) atoms. The van der Waals surface area contributed by atoms with Gasteiger partial charge in [-0.1, -0.05) is 18.6 Å². The lowest BCUT2D eigenvalue weighted by Crippen LogP contribution is -2.42. The van der Waals surface area contributed by atoms with Gasteiger partial charge in [0.1, 0.15) is 9.84 Å². The van der Waals surface area contributed by atoms with Crippen molar-refractivity contribution in [2.75, 3.05) is 17.3 Å². The van der Waals surface area contributed by atoms with E-state index in [9.17, 15) is 13.2 Å². The van der Waals surface area contributed by atoms with Gasteiger partial charge in [0.2, 0.25) is 0 Å². The molecule has 0 heterocycles. The fourth-order valence-electron chi connectivity index (χ4n) is 2.49. The van der Waals surface area contributed by atoms with E-state index in [1.165, 1.54) is 25.5 Å². The molecule has 0 radical (unpaired) electrons. The first-order chi connectivity index (χ1) is 10.3. The van der Waals surface area contributed by atoms with Crippen molar-refractivity contribution in [1.29, 1.82) is 0 Å². The number of anilines is 1. The summed E-state index contributed by atoms with van der Waals surface area (Å²) in [6.45, 7) is 2.04. The molecule has 1 unspecified atom stereocenters. The smallest absolute Gasteiger partial charge is 0.319 e. The first-order valence-corrected chi connectivity index (χ1v) is 9.74. The van der Waals surface area contributed by atoms with E-state index in [-0.39, 0.29) is 17.8 Å². The highest BCUT2D eigenvalue weighted by atomic mass is 32.2. The molecule has 6 heteroatoms. The summed E-state index contributed by atoms with van der Waals surface area (Å²) in [7, 11) is -2.95. The zero-order valence-corrected chi connectivity index (χ0v) is 13.9. The molecule has 1 fully saturated rings. The zero-order chi connectivity index (χ0) is 16.2. The minimum Gasteiger partial charge on any atom is -0.335 e. The monoisotopic (exact) mass is 324 g/mol. The zero-order valence-electron chi connectivity index (χ0n) is 13.1. The molecule has 0 aromatic heterocycles. The predicted molar refractivity (Wildman–Crippen MR) is 88.8 cm³/mol. The van der Waals surface area contributed by atoms with Crippen molar-refractivity contribution in [2.45, 2.75) is 38.6 Å². The van der Waals surface area contributed by atoms with E-state index in [1.807, 2.05) is 19.1 Å². The molecule has 1 saturated carbocycles. The second kappa shape index (κ2) is 7.13. The molecule has 1 aromatic rings. The molecule has 2 N–H and O–H groups in total. The van der Waals surface area contributed by atoms with Gasteiger partial charge in [0.15, 0.2) is 0 Å². The number of aryl methyl sites for hydroxylation is 1. The van der Waals surface area contributed by atoms with E-state index in [1.54, 1.807) is 12.1 Å². The van der Waals surface area contributed by atoms with Gasteiger partial charge in [-0.05, 0) is 49.8 Å². The van der Waals surface area contributed by atoms with Crippen LogP contribution < -0.4 is 10.6 Å². The van der Waals surface area contributed by atoms with Crippen LogP contribution in [0, 0.1) is 5.92 Å². The van der Waals surface area contributed by atoms with Crippen LogP contribution >= 0.6 is 0 Å². The van der Waals surface area contributed by atoms with Crippen molar-refractivity contribution in [3.05, 3.63) is 29.8 Å². The summed E-state index contributed by atoms with van der Waals surface area (Å²) in [4.78, 5) is 11.9. The summed E-state index contributed by atoms with van der Waals surface area (Å²) in [6.07, 6.45) is 5.36. The highest BCUT2D eigenvalue weighted by Crippen LogP contribution is 2.29. The molecular weight excluding hydrogens is 300 g/mol. The summed E-state index contributed by atoms with van der Waals surface area (Å²) < 4.78 is 22.3. The molecule has 0 bridgehead atoms. The molecule has 5 nitrogen and oxygen atoms in total. The molecule has 122 valence electrons. The van der Waals surface area contributed by atoms with Gasteiger partial charge in [-0.2, -0.15) is 0 Å². The van der Waals surface area contributed by atoms with Crippen molar-refractivity contribution in [2.24, 2.45) is 5.92 Å². The fourth-order valence-corrected chi connectivity index (χ4v) is 3.10. The van der Waals surface area contributed by atoms with E-state index in [0.29, 0.717) is 18.0 Å². The minimum absolute atomic E-state index is 0.138. The number of urea groups is 1. The van der Waals surface area contributed by atoms with Crippen LogP contribution in [0.15, 0.2) is 24.3 Å². The van der Waals surface area contributed by atoms with E-state index in [0.717, 1.165) is 5.56 Å². The summed E-state index contributed by atoms with van der Waals surface area (Å²) in [5.74, 6) is 0.739. The van der Waals surface area contributed by atoms with Crippen molar-refractivity contribution in [1.82, 2.24) is 5.32 Å². The van der Waals surface area contributed by atoms with Crippen molar-refractivity contribution < 1.29 is 13.2 Å². The second-order valence-electron chi connectivity index (χ2n) is 6.15. The Kier molecular flexibility index (Phi) is 5.45. The molecule has 0 saturated heterocycles. The van der Waals surface area contributed by atoms with E-state index >= 15 is 0 Å². The Morgan fingerprint density at radius 1 is 1.27 bits per heavy atom. The Morgan fingerprint density at radius 2 is 1.91 bits per heavy atom. The Morgan fingerprint density at radius 3 is 2.41 bits per heavy atom. The first kappa shape index (κ1) is 16.8. The van der Waals surface area contributed by atoms with Gasteiger partial charge in [-0.15, -0.1) is 0 Å². The Balaban J connectivity index is 1.81. The average Bonchev–Trinajstić information content (AvgIpc) is 2.34. The Hall–Kier alpha value is -1.56. The maximum Gasteiger partial charge on any atom is 0.319 e. The summed E-state index contributed by atoms with van der Waals surface area (Å²) >= 11 is 0. The minimum atomic E-state index is -2.95. The van der Waals surface area contributed by atoms with Crippen LogP contribution in [-0.2, 0) is 16.3 Å². The number of nitrogens with one attached hydrogen (secondary N) is 2. The standard InChI is InChI=1S/C16H24N2O3S/c1-12(14-4-3-5-14)17-16(19)18-15-8-6-13(7-9-15)10-11-22(2,20)21/h6-9,12,14H,3-5,10-11H2,1-2H3,(H2,17,18,19). The molecule has 0 aliphatic heterocycles. The summed E-state index contributed by atoms with van der Waals surface area (Å²) in [5, 5.41) is 5.77. The predicted octanol–water partition coefficient (Wildman–Crippen LogP) is 2.58. The highest BCUT2D eigenvalue weighted by Gasteiger charge is 2.24. The van der Waals surface area contributed by atoms with Gasteiger partial charge in [-0.25, -0.2) is 13.2 Å². The van der Waals surface area contributed by atoms with Crippen molar-refractivity contribution in [3.63, 3.8) is 0 Å². The molecule has 1 aliphatic rings. The number of carbonyl (C=O) groups is 1. The molecule has 1 aromatic carbocycles. The van der Waals surface area contributed by atoms with Crippen molar-refractivity contribution in [3.8, 4) is 0 Å². The Bertz CT molecular complexity index is 607. The van der Waals surface area contributed by atoms with Gasteiger partial charge in [-0.3, -0.25) is 0 Å². The van der Waals surface area contributed by atoms with Gasteiger partial charge in [0, 0.05) is 18.0 Å². The van der Waals surface area contributed by atoms with Crippen molar-refractivity contribution >= 4 is 21.6 Å². The summed E-state index contributed by atoms with van der Waals surface area (Å²) in [6, 6.07) is 7.29. The third-order valence-electron chi connectivity index (χ3n) is 4.19. The van der Waals surface area contributed by atoms with Crippen LogP contribution in [0.5, 0.6) is 0 Å². The molecule has 2 amide bonds. The third-order valence-corrected chi connectivity index (χ3v) is 5.13. The van der Waals surface area contributed by atoms with Gasteiger partial charge in [0.05, 0.1) is 5.75 Å². The number of benzene rings is 1. The van der Waals surface area contributed by atoms with Crippen LogP contribution in [0.2, 0.25) is 0 Å². The van der Waals surface area contributed by atoms with Crippen LogP contribution in [0.1, 0.15) is 31.7 Å². The number of amides is 2. The lowest BCUT2D eigenvalue weighted by atomic mass is 9.80. The largest absolute Gasteiger partial charge is 0.335 e. The number of hydrogen-bond acceptors (Lipinski definition) is 3. The normalized spacial score (nSPS) is 16.6. The maximum atomic E-state index is 11.9. The number of rotatable bonds is 6. The topological polar surface area (TPSA) is 75.3 Å². The quantitative estimate of drug-likeness (QED) is 0.844. The van der Waals surface area contributed by atoms with Gasteiger partial charge in [0.25, 0.3) is 0 Å². The highest BCUT2D eigenvalue weighted by molar-refractivity contribution is 7.90. The second-order valence-corrected chi connectivity index (χ2v) is 8.41. The molecular formula is C16H24N2O3S. The SMILES string of the molecule is CC(NC(=O)Nc1ccc(CCS(C)(=O)=O)cc1)C1CCC1. The first-order valence-electron chi connectivity index (χ1n) is 7.68. The van der Waals surface area contributed by atoms with Gasteiger partial charge >= 0.3 is 6.03 Å². The number of carbonyl (C=O) groups excluding carboxylic acids is 1. The van der Waals surface area contributed by atoms with E-state index in [4.69, 9.17) is 0 Å². The molecule has 1 atom stereocenters.